The van der Waals surface area contributed by atoms with Crippen molar-refractivity contribution in [2.45, 2.75) is 23.9 Å². The molecule has 0 saturated heterocycles. The zero-order chi connectivity index (χ0) is 12.7. The Kier molecular flexibility index (Phi) is 3.25. The van der Waals surface area contributed by atoms with Crippen LogP contribution in [-0.2, 0) is 0 Å². The predicted octanol–water partition coefficient (Wildman–Crippen LogP) is 3.42. The standard InChI is InChI=1S/C5H2F10/c6-1-2(7,4(10,11)12)3(8,9)5(13,14)15/h1H2. The van der Waals surface area contributed by atoms with E-state index in [-0.39, 0.29) is 0 Å². The fourth-order valence-electron chi connectivity index (χ4n) is 0.562. The van der Waals surface area contributed by atoms with Gasteiger partial charge in [0.1, 0.15) is 6.67 Å². The summed E-state index contributed by atoms with van der Waals surface area (Å²) in [4.78, 5) is 0. The third-order valence-electron chi connectivity index (χ3n) is 1.49. The molecule has 15 heavy (non-hydrogen) atoms. The van der Waals surface area contributed by atoms with E-state index >= 15 is 0 Å². The highest BCUT2D eigenvalue weighted by molar-refractivity contribution is 5.03. The molecule has 10 heteroatoms. The fraction of sp³-hybridized carbons (Fsp3) is 1.00. The van der Waals surface area contributed by atoms with Gasteiger partial charge in [0.2, 0.25) is 0 Å². The molecule has 0 spiro atoms. The van der Waals surface area contributed by atoms with Crippen LogP contribution in [-0.4, -0.2) is 30.6 Å². The minimum absolute atomic E-state index is 3.52. The molecule has 0 aromatic rings. The van der Waals surface area contributed by atoms with Gasteiger partial charge in [-0.2, -0.15) is 35.1 Å². The van der Waals surface area contributed by atoms with Gasteiger partial charge < -0.3 is 0 Å². The SMILES string of the molecule is FCC(F)(C(F)(F)F)C(F)(F)C(F)(F)F. The van der Waals surface area contributed by atoms with E-state index in [9.17, 15) is 43.9 Å². The molecule has 0 N–H and O–H groups in total. The molecule has 0 heterocycles. The maximum Gasteiger partial charge on any atom is 0.457 e. The Morgan fingerprint density at radius 1 is 0.600 bits per heavy atom. The normalized spacial score (nSPS) is 18.8. The molecule has 92 valence electrons. The van der Waals surface area contributed by atoms with Gasteiger partial charge in [-0.3, -0.25) is 0 Å². The lowest BCUT2D eigenvalue weighted by Crippen LogP contribution is -2.63. The molecule has 0 aromatic heterocycles. The maximum absolute atomic E-state index is 12.3. The van der Waals surface area contributed by atoms with E-state index in [2.05, 4.69) is 0 Å². The quantitative estimate of drug-likeness (QED) is 0.660. The average Bonchev–Trinajstić information content (AvgIpc) is 1.98. The molecule has 0 aliphatic carbocycles. The van der Waals surface area contributed by atoms with Crippen LogP contribution < -0.4 is 0 Å². The van der Waals surface area contributed by atoms with Crippen LogP contribution in [0.25, 0.3) is 0 Å². The van der Waals surface area contributed by atoms with Crippen molar-refractivity contribution in [3.8, 4) is 0 Å². The number of hydrogen-bond acceptors (Lipinski definition) is 0. The van der Waals surface area contributed by atoms with Gasteiger partial charge in [-0.25, -0.2) is 8.78 Å². The van der Waals surface area contributed by atoms with Gasteiger partial charge in [0.25, 0.3) is 0 Å². The highest BCUT2D eigenvalue weighted by atomic mass is 19.4. The van der Waals surface area contributed by atoms with Gasteiger partial charge in [0.05, 0.1) is 0 Å². The molecular formula is C5H2F10. The molecule has 0 aromatic carbocycles. The minimum Gasteiger partial charge on any atom is -0.247 e. The summed E-state index contributed by atoms with van der Waals surface area (Å²) in [5.74, 6) is -6.84. The number of alkyl halides is 10. The average molecular weight is 252 g/mol. The Balaban J connectivity index is 5.50. The summed E-state index contributed by atoms with van der Waals surface area (Å²) in [6.45, 7) is -3.52. The first-order chi connectivity index (χ1) is 6.31. The van der Waals surface area contributed by atoms with Crippen LogP contribution in [0, 0.1) is 0 Å². The van der Waals surface area contributed by atoms with E-state index in [1.807, 2.05) is 0 Å². The Hall–Kier alpha value is -0.700. The third-order valence-corrected chi connectivity index (χ3v) is 1.49. The molecule has 0 fully saturated rings. The van der Waals surface area contributed by atoms with Crippen molar-refractivity contribution >= 4 is 0 Å². The molecule has 1 unspecified atom stereocenters. The molecule has 0 rings (SSSR count). The van der Waals surface area contributed by atoms with Crippen molar-refractivity contribution in [2.75, 3.05) is 6.67 Å². The highest BCUT2D eigenvalue weighted by Crippen LogP contribution is 2.52. The fourth-order valence-corrected chi connectivity index (χ4v) is 0.562. The van der Waals surface area contributed by atoms with Crippen LogP contribution in [0.15, 0.2) is 0 Å². The van der Waals surface area contributed by atoms with Gasteiger partial charge in [0, 0.05) is 0 Å². The summed E-state index contributed by atoms with van der Waals surface area (Å²) in [5, 5.41) is 0. The van der Waals surface area contributed by atoms with Crippen LogP contribution in [0.3, 0.4) is 0 Å². The molecule has 0 nitrogen and oxygen atoms in total. The van der Waals surface area contributed by atoms with E-state index in [0.29, 0.717) is 0 Å². The van der Waals surface area contributed by atoms with Gasteiger partial charge in [-0.05, 0) is 0 Å². The molecule has 0 aliphatic heterocycles. The van der Waals surface area contributed by atoms with Crippen molar-refractivity contribution < 1.29 is 43.9 Å². The first kappa shape index (κ1) is 14.3. The zero-order valence-corrected chi connectivity index (χ0v) is 6.49. The highest BCUT2D eigenvalue weighted by Gasteiger charge is 2.81. The van der Waals surface area contributed by atoms with Crippen molar-refractivity contribution in [1.29, 1.82) is 0 Å². The monoisotopic (exact) mass is 252 g/mol. The molecule has 0 bridgehead atoms. The summed E-state index contributed by atoms with van der Waals surface area (Å²) in [6, 6.07) is 0. The van der Waals surface area contributed by atoms with Gasteiger partial charge in [-0.15, -0.1) is 0 Å². The Bertz CT molecular complexity index is 223. The molecule has 1 atom stereocenters. The van der Waals surface area contributed by atoms with Crippen molar-refractivity contribution in [3.05, 3.63) is 0 Å². The predicted molar refractivity (Wildman–Crippen MR) is 26.9 cm³/mol. The zero-order valence-electron chi connectivity index (χ0n) is 6.49. The lowest BCUT2D eigenvalue weighted by molar-refractivity contribution is -0.385. The summed E-state index contributed by atoms with van der Waals surface area (Å²) >= 11 is 0. The number of halogens is 10. The van der Waals surface area contributed by atoms with E-state index < -0.39 is 30.6 Å². The lowest BCUT2D eigenvalue weighted by atomic mass is 9.98. The summed E-state index contributed by atoms with van der Waals surface area (Å²) in [6.07, 6.45) is -13.5. The number of rotatable bonds is 2. The largest absolute Gasteiger partial charge is 0.457 e. The van der Waals surface area contributed by atoms with Crippen molar-refractivity contribution in [3.63, 3.8) is 0 Å². The molecule has 0 radical (unpaired) electrons. The van der Waals surface area contributed by atoms with Crippen LogP contribution in [0.5, 0.6) is 0 Å². The van der Waals surface area contributed by atoms with Crippen LogP contribution in [0.1, 0.15) is 0 Å². The van der Waals surface area contributed by atoms with Crippen LogP contribution in [0.2, 0.25) is 0 Å². The maximum atomic E-state index is 12.3. The van der Waals surface area contributed by atoms with Gasteiger partial charge in [-0.1, -0.05) is 0 Å². The van der Waals surface area contributed by atoms with E-state index in [1.54, 1.807) is 0 Å². The smallest absolute Gasteiger partial charge is 0.247 e. The molecule has 0 aliphatic rings. The summed E-state index contributed by atoms with van der Waals surface area (Å²) < 4.78 is 117. The molecule has 0 amide bonds. The molecule has 0 saturated carbocycles. The van der Waals surface area contributed by atoms with Crippen molar-refractivity contribution in [2.24, 2.45) is 0 Å². The summed E-state index contributed by atoms with van der Waals surface area (Å²) in [5.41, 5.74) is -6.27. The molecular weight excluding hydrogens is 250 g/mol. The second-order valence-electron chi connectivity index (χ2n) is 2.50. The Morgan fingerprint density at radius 3 is 1.00 bits per heavy atom. The van der Waals surface area contributed by atoms with Crippen LogP contribution >= 0.6 is 0 Å². The Labute approximate surface area is 75.9 Å². The third kappa shape index (κ3) is 1.98. The topological polar surface area (TPSA) is 0 Å². The second-order valence-corrected chi connectivity index (χ2v) is 2.50. The van der Waals surface area contributed by atoms with Crippen LogP contribution in [0.4, 0.5) is 43.9 Å². The lowest BCUT2D eigenvalue weighted by Gasteiger charge is -2.33. The number of hydrogen-bond donors (Lipinski definition) is 0. The van der Waals surface area contributed by atoms with Crippen molar-refractivity contribution in [1.82, 2.24) is 0 Å². The summed E-state index contributed by atoms with van der Waals surface area (Å²) in [7, 11) is 0. The second kappa shape index (κ2) is 3.41. The minimum atomic E-state index is -6.84. The Morgan fingerprint density at radius 2 is 0.933 bits per heavy atom. The first-order valence-corrected chi connectivity index (χ1v) is 3.07. The van der Waals surface area contributed by atoms with E-state index in [4.69, 9.17) is 0 Å². The van der Waals surface area contributed by atoms with E-state index in [1.165, 1.54) is 0 Å². The van der Waals surface area contributed by atoms with Gasteiger partial charge in [0.15, 0.2) is 0 Å². The van der Waals surface area contributed by atoms with Gasteiger partial charge >= 0.3 is 23.9 Å². The van der Waals surface area contributed by atoms with E-state index in [0.717, 1.165) is 0 Å². The first-order valence-electron chi connectivity index (χ1n) is 3.07.